The number of carbonyl (C=O) groups is 2. The Morgan fingerprint density at radius 2 is 1.89 bits per heavy atom. The number of rotatable bonds is 8. The van der Waals surface area contributed by atoms with Crippen molar-refractivity contribution in [2.45, 2.75) is 25.4 Å². The van der Waals surface area contributed by atoms with Gasteiger partial charge in [-0.3, -0.25) is 9.59 Å². The van der Waals surface area contributed by atoms with Gasteiger partial charge in [0, 0.05) is 0 Å². The molecule has 0 heterocycles. The molecule has 0 saturated heterocycles. The first-order valence-corrected chi connectivity index (χ1v) is 8.65. The lowest BCUT2D eigenvalue weighted by atomic mass is 9.92. The van der Waals surface area contributed by atoms with Crippen molar-refractivity contribution in [2.75, 3.05) is 14.2 Å². The number of aliphatic hydroxyl groups is 1. The van der Waals surface area contributed by atoms with Crippen molar-refractivity contribution in [3.05, 3.63) is 53.8 Å². The van der Waals surface area contributed by atoms with Crippen LogP contribution in [0.15, 0.2) is 48.3 Å². The molecule has 1 aromatic carbocycles. The van der Waals surface area contributed by atoms with Gasteiger partial charge in [-0.05, 0) is 54.7 Å². The van der Waals surface area contributed by atoms with Crippen LogP contribution in [0.4, 0.5) is 0 Å². The summed E-state index contributed by atoms with van der Waals surface area (Å²) in [4.78, 5) is 23.9. The number of phenolic OH excluding ortho intramolecular Hbond substituents is 1. The summed E-state index contributed by atoms with van der Waals surface area (Å²) in [6.07, 6.45) is 8.29. The monoisotopic (exact) mass is 372 g/mol. The number of aliphatic hydroxyl groups excluding tert-OH is 1. The van der Waals surface area contributed by atoms with Crippen LogP contribution < -0.4 is 4.74 Å². The second kappa shape index (κ2) is 9.73. The summed E-state index contributed by atoms with van der Waals surface area (Å²) in [6.45, 7) is 0. The van der Waals surface area contributed by atoms with E-state index in [0.717, 1.165) is 0 Å². The lowest BCUT2D eigenvalue weighted by Crippen LogP contribution is -2.19. The highest BCUT2D eigenvalue weighted by atomic mass is 16.5. The number of hydrogen-bond donors (Lipinski definition) is 2. The predicted octanol–water partition coefficient (Wildman–Crippen LogP) is 2.80. The average Bonchev–Trinajstić information content (AvgIpc) is 2.66. The zero-order chi connectivity index (χ0) is 19.8. The summed E-state index contributed by atoms with van der Waals surface area (Å²) in [5, 5.41) is 19.3. The smallest absolute Gasteiger partial charge is 0.163 e. The summed E-state index contributed by atoms with van der Waals surface area (Å²) in [5.74, 6) is 0.233. The molecule has 27 heavy (non-hydrogen) atoms. The molecular formula is C21H24O6. The first-order chi connectivity index (χ1) is 12.9. The number of aromatic hydroxyl groups is 1. The lowest BCUT2D eigenvalue weighted by molar-refractivity contribution is -0.121. The van der Waals surface area contributed by atoms with E-state index in [-0.39, 0.29) is 29.7 Å². The van der Waals surface area contributed by atoms with Gasteiger partial charge >= 0.3 is 0 Å². The maximum Gasteiger partial charge on any atom is 0.163 e. The van der Waals surface area contributed by atoms with Crippen LogP contribution in [-0.2, 0) is 14.3 Å². The van der Waals surface area contributed by atoms with E-state index in [1.165, 1.54) is 32.4 Å². The fourth-order valence-corrected chi connectivity index (χ4v) is 2.76. The first kappa shape index (κ1) is 20.5. The Labute approximate surface area is 158 Å². The number of allylic oxidation sites excluding steroid dienone is 4. The summed E-state index contributed by atoms with van der Waals surface area (Å²) in [5.41, 5.74) is 0.680. The first-order valence-electron chi connectivity index (χ1n) is 8.65. The van der Waals surface area contributed by atoms with Crippen LogP contribution in [0.2, 0.25) is 0 Å². The molecule has 144 valence electrons. The van der Waals surface area contributed by atoms with E-state index in [1.54, 1.807) is 30.4 Å². The van der Waals surface area contributed by atoms with Crippen LogP contribution in [0.5, 0.6) is 11.5 Å². The van der Waals surface area contributed by atoms with Gasteiger partial charge < -0.3 is 19.7 Å². The van der Waals surface area contributed by atoms with Gasteiger partial charge in [0.05, 0.1) is 20.6 Å². The second-order valence-electron chi connectivity index (χ2n) is 6.26. The van der Waals surface area contributed by atoms with E-state index in [1.807, 2.05) is 0 Å². The standard InChI is InChI=1S/C21H24O6/c1-26-20-11-14(5-9-18(20)24)3-7-16(22)13-17(23)8-4-15-6-10-19(25)21(12-15)27-2/h3-5,7-9,11-12,15,19,24-25H,6,10,13H2,1-2H3/b7-3+,8-4+/t15-,19+/m0/s1. The highest BCUT2D eigenvalue weighted by Crippen LogP contribution is 2.27. The fraction of sp³-hybridized carbons (Fsp3) is 0.333. The molecule has 0 radical (unpaired) electrons. The molecule has 0 aliphatic heterocycles. The van der Waals surface area contributed by atoms with Gasteiger partial charge in [-0.2, -0.15) is 0 Å². The molecule has 0 amide bonds. The lowest BCUT2D eigenvalue weighted by Gasteiger charge is -2.22. The van der Waals surface area contributed by atoms with E-state index in [0.29, 0.717) is 29.9 Å². The second-order valence-corrected chi connectivity index (χ2v) is 6.26. The highest BCUT2D eigenvalue weighted by Gasteiger charge is 2.20. The fourth-order valence-electron chi connectivity index (χ4n) is 2.76. The maximum absolute atomic E-state index is 12.0. The number of carbonyl (C=O) groups excluding carboxylic acids is 2. The van der Waals surface area contributed by atoms with Gasteiger partial charge in [0.1, 0.15) is 11.9 Å². The molecule has 0 saturated carbocycles. The van der Waals surface area contributed by atoms with Gasteiger partial charge in [-0.15, -0.1) is 0 Å². The van der Waals surface area contributed by atoms with Gasteiger partial charge in [-0.25, -0.2) is 0 Å². The summed E-state index contributed by atoms with van der Waals surface area (Å²) in [7, 11) is 2.94. The minimum absolute atomic E-state index is 0.00223. The quantitative estimate of drug-likeness (QED) is 0.538. The highest BCUT2D eigenvalue weighted by molar-refractivity contribution is 6.09. The third-order valence-corrected chi connectivity index (χ3v) is 4.26. The van der Waals surface area contributed by atoms with Crippen molar-refractivity contribution in [1.82, 2.24) is 0 Å². The Bertz CT molecular complexity index is 775. The number of hydrogen-bond acceptors (Lipinski definition) is 6. The Morgan fingerprint density at radius 3 is 2.59 bits per heavy atom. The Balaban J connectivity index is 1.90. The number of ketones is 2. The summed E-state index contributed by atoms with van der Waals surface area (Å²) < 4.78 is 10.1. The van der Waals surface area contributed by atoms with Crippen molar-refractivity contribution < 1.29 is 29.3 Å². The van der Waals surface area contributed by atoms with Crippen molar-refractivity contribution in [3.63, 3.8) is 0 Å². The molecule has 6 heteroatoms. The van der Waals surface area contributed by atoms with Crippen LogP contribution in [0.3, 0.4) is 0 Å². The molecule has 2 rings (SSSR count). The Hall–Kier alpha value is -2.86. The van der Waals surface area contributed by atoms with E-state index >= 15 is 0 Å². The van der Waals surface area contributed by atoms with Gasteiger partial charge in [-0.1, -0.05) is 18.2 Å². The summed E-state index contributed by atoms with van der Waals surface area (Å²) in [6, 6.07) is 4.71. The number of methoxy groups -OCH3 is 2. The molecule has 2 atom stereocenters. The Kier molecular flexibility index (Phi) is 7.37. The SMILES string of the molecule is COC1=C[C@@H](/C=C/C(=O)CC(=O)/C=C/c2ccc(O)c(OC)c2)CC[C@H]1O. The molecule has 0 spiro atoms. The van der Waals surface area contributed by atoms with Crippen LogP contribution >= 0.6 is 0 Å². The van der Waals surface area contributed by atoms with Crippen molar-refractivity contribution in [3.8, 4) is 11.5 Å². The molecule has 1 aromatic rings. The van der Waals surface area contributed by atoms with Crippen LogP contribution in [0.1, 0.15) is 24.8 Å². The minimum atomic E-state index is -0.597. The molecule has 0 unspecified atom stereocenters. The maximum atomic E-state index is 12.0. The molecule has 0 fully saturated rings. The predicted molar refractivity (Wildman–Crippen MR) is 101 cm³/mol. The number of ether oxygens (including phenoxy) is 2. The van der Waals surface area contributed by atoms with Crippen LogP contribution in [0, 0.1) is 5.92 Å². The Morgan fingerprint density at radius 1 is 1.15 bits per heavy atom. The number of phenols is 1. The van der Waals surface area contributed by atoms with Crippen molar-refractivity contribution in [2.24, 2.45) is 5.92 Å². The molecule has 0 aromatic heterocycles. The van der Waals surface area contributed by atoms with E-state index in [4.69, 9.17) is 9.47 Å². The minimum Gasteiger partial charge on any atom is -0.504 e. The molecule has 6 nitrogen and oxygen atoms in total. The van der Waals surface area contributed by atoms with E-state index in [2.05, 4.69) is 0 Å². The zero-order valence-electron chi connectivity index (χ0n) is 15.4. The normalized spacial score (nSPS) is 19.9. The van der Waals surface area contributed by atoms with Crippen molar-refractivity contribution >= 4 is 17.6 Å². The number of benzene rings is 1. The summed E-state index contributed by atoms with van der Waals surface area (Å²) >= 11 is 0. The molecule has 2 N–H and O–H groups in total. The third-order valence-electron chi connectivity index (χ3n) is 4.26. The molecule has 1 aliphatic rings. The van der Waals surface area contributed by atoms with Gasteiger partial charge in [0.2, 0.25) is 0 Å². The largest absolute Gasteiger partial charge is 0.504 e. The van der Waals surface area contributed by atoms with E-state index < -0.39 is 6.10 Å². The topological polar surface area (TPSA) is 93.1 Å². The van der Waals surface area contributed by atoms with Gasteiger partial charge in [0.15, 0.2) is 23.1 Å². The van der Waals surface area contributed by atoms with Gasteiger partial charge in [0.25, 0.3) is 0 Å². The zero-order valence-corrected chi connectivity index (χ0v) is 15.4. The van der Waals surface area contributed by atoms with Crippen molar-refractivity contribution in [1.29, 1.82) is 0 Å². The molecular weight excluding hydrogens is 348 g/mol. The molecule has 0 bridgehead atoms. The third kappa shape index (κ3) is 6.11. The molecule has 1 aliphatic carbocycles. The van der Waals surface area contributed by atoms with E-state index in [9.17, 15) is 19.8 Å². The van der Waals surface area contributed by atoms with Crippen LogP contribution in [0.25, 0.3) is 6.08 Å². The van der Waals surface area contributed by atoms with Crippen LogP contribution in [-0.4, -0.2) is 42.1 Å². The average molecular weight is 372 g/mol.